The topological polar surface area (TPSA) is 57.0 Å². The molecule has 0 amide bonds. The Bertz CT molecular complexity index is 13.5. The summed E-state index contributed by atoms with van der Waals surface area (Å²) >= 11 is 0. The molecule has 0 fully saturated rings. The van der Waals surface area contributed by atoms with Crippen molar-refractivity contribution in [2.75, 3.05) is 0 Å². The van der Waals surface area contributed by atoms with Gasteiger partial charge in [-0.05, 0) is 0 Å². The second kappa shape index (κ2) is 39.9. The Labute approximate surface area is 117 Å². The molecule has 28 valence electrons. The minimum Gasteiger partial charge on any atom is -2.00 e. The molecule has 0 radical (unpaired) electrons. The van der Waals surface area contributed by atoms with E-state index in [1.807, 2.05) is 0 Å². The third-order valence-electron chi connectivity index (χ3n) is 0. The SMILES string of the molecule is [Fe].[KH].[LiH].[O-2].[O-2].[Ti+4]. The fraction of sp³-hybridized carbons (Fsp3) is 0. The number of rotatable bonds is 0. The van der Waals surface area contributed by atoms with Crippen molar-refractivity contribution in [3.8, 4) is 0 Å². The first-order valence-electron chi connectivity index (χ1n) is 0. The maximum Gasteiger partial charge on any atom is 4.00 e. The van der Waals surface area contributed by atoms with Crippen LogP contribution in [-0.4, -0.2) is 70.2 Å². The molecule has 0 aliphatic heterocycles. The summed E-state index contributed by atoms with van der Waals surface area (Å²) in [6.45, 7) is 0. The van der Waals surface area contributed by atoms with Gasteiger partial charge in [0, 0.05) is 17.1 Å². The van der Waals surface area contributed by atoms with Crippen LogP contribution in [0.3, 0.4) is 0 Å². The third kappa shape index (κ3) is 26.3. The molecular formula is H2FeKLiO2Ti. The molecule has 0 spiro atoms. The van der Waals surface area contributed by atoms with Gasteiger partial charge in [-0.3, -0.25) is 0 Å². The van der Waals surface area contributed by atoms with Crippen molar-refractivity contribution in [3.05, 3.63) is 0 Å². The van der Waals surface area contributed by atoms with Crippen LogP contribution in [0.25, 0.3) is 0 Å². The third-order valence-corrected chi connectivity index (χ3v) is 0. The summed E-state index contributed by atoms with van der Waals surface area (Å²) in [7, 11) is 0. The van der Waals surface area contributed by atoms with Gasteiger partial charge >= 0.3 is 92.0 Å². The van der Waals surface area contributed by atoms with Crippen LogP contribution in [0, 0.1) is 0 Å². The average Bonchev–Trinajstić information content (AvgIpc) is 0. The molecule has 0 saturated carbocycles. The second-order valence-electron chi connectivity index (χ2n) is 0. The minimum atomic E-state index is 0. The van der Waals surface area contributed by atoms with Crippen LogP contribution in [0.5, 0.6) is 0 Å². The Morgan fingerprint density at radius 1 is 0.833 bits per heavy atom. The fourth-order valence-electron chi connectivity index (χ4n) is 0. The van der Waals surface area contributed by atoms with Crippen molar-refractivity contribution >= 4 is 70.2 Å². The van der Waals surface area contributed by atoms with Gasteiger partial charge in [-0.1, -0.05) is 0 Å². The zero-order valence-electron chi connectivity index (χ0n) is 1.67. The monoisotopic (exact) mass is 184 g/mol. The summed E-state index contributed by atoms with van der Waals surface area (Å²) in [6.07, 6.45) is 0. The van der Waals surface area contributed by atoms with Crippen LogP contribution in [0.2, 0.25) is 0 Å². The number of hydrogen-bond acceptors (Lipinski definition) is 0. The second-order valence-corrected chi connectivity index (χ2v) is 0. The summed E-state index contributed by atoms with van der Waals surface area (Å²) in [5, 5.41) is 0. The molecule has 0 aliphatic carbocycles. The van der Waals surface area contributed by atoms with Crippen LogP contribution < -0.4 is 0 Å². The van der Waals surface area contributed by atoms with Crippen LogP contribution in [-0.2, 0) is 49.7 Å². The first-order valence-corrected chi connectivity index (χ1v) is 0. The summed E-state index contributed by atoms with van der Waals surface area (Å²) in [4.78, 5) is 0. The van der Waals surface area contributed by atoms with Crippen LogP contribution >= 0.6 is 0 Å². The quantitative estimate of drug-likeness (QED) is 0.409. The van der Waals surface area contributed by atoms with Gasteiger partial charge in [0.2, 0.25) is 0 Å². The molecule has 0 bridgehead atoms. The van der Waals surface area contributed by atoms with Gasteiger partial charge in [0.15, 0.2) is 0 Å². The Hall–Kier alpha value is 3.39. The molecule has 0 aromatic carbocycles. The summed E-state index contributed by atoms with van der Waals surface area (Å²) in [5.74, 6) is 0. The molecule has 0 atom stereocenters. The predicted molar refractivity (Wildman–Crippen MR) is 15.7 cm³/mol. The van der Waals surface area contributed by atoms with E-state index in [1.165, 1.54) is 0 Å². The van der Waals surface area contributed by atoms with E-state index < -0.39 is 0 Å². The molecule has 6 heteroatoms. The van der Waals surface area contributed by atoms with Gasteiger partial charge < -0.3 is 11.0 Å². The van der Waals surface area contributed by atoms with Gasteiger partial charge in [0.25, 0.3) is 0 Å². The normalized spacial score (nSPS) is 0. The largest absolute Gasteiger partial charge is 4.00 e. The fourth-order valence-corrected chi connectivity index (χ4v) is 0. The summed E-state index contributed by atoms with van der Waals surface area (Å²) < 4.78 is 0. The van der Waals surface area contributed by atoms with E-state index in [1.54, 1.807) is 0 Å². The van der Waals surface area contributed by atoms with E-state index in [9.17, 15) is 0 Å². The van der Waals surface area contributed by atoms with Crippen molar-refractivity contribution in [3.63, 3.8) is 0 Å². The first kappa shape index (κ1) is 57.6. The van der Waals surface area contributed by atoms with Gasteiger partial charge in [0.05, 0.1) is 0 Å². The van der Waals surface area contributed by atoms with E-state index in [0.29, 0.717) is 0 Å². The Morgan fingerprint density at radius 3 is 0.833 bits per heavy atom. The summed E-state index contributed by atoms with van der Waals surface area (Å²) in [5.41, 5.74) is 0. The molecule has 6 heavy (non-hydrogen) atoms. The molecular weight excluding hydrogens is 182 g/mol. The van der Waals surface area contributed by atoms with E-state index in [2.05, 4.69) is 0 Å². The molecule has 2 nitrogen and oxygen atoms in total. The van der Waals surface area contributed by atoms with Gasteiger partial charge in [-0.15, -0.1) is 0 Å². The van der Waals surface area contributed by atoms with Crippen LogP contribution in [0.15, 0.2) is 0 Å². The zero-order chi connectivity index (χ0) is 0. The van der Waals surface area contributed by atoms with E-state index in [-0.39, 0.29) is 120 Å². The predicted octanol–water partition coefficient (Wildman–Crippen LogP) is -1.54. The van der Waals surface area contributed by atoms with E-state index >= 15 is 0 Å². The standard InChI is InChI=1S/Fe.K.Li.2O.Ti.2H/q;;;2*-2;+4;;. The smallest absolute Gasteiger partial charge is 2.00 e. The van der Waals surface area contributed by atoms with Gasteiger partial charge in [0.1, 0.15) is 0 Å². The van der Waals surface area contributed by atoms with Gasteiger partial charge in [-0.2, -0.15) is 0 Å². The number of hydrogen-bond donors (Lipinski definition) is 0. The Morgan fingerprint density at radius 2 is 0.833 bits per heavy atom. The van der Waals surface area contributed by atoms with E-state index in [4.69, 9.17) is 0 Å². The molecule has 0 N–H and O–H groups in total. The molecule has 0 heterocycles. The maximum atomic E-state index is 0. The van der Waals surface area contributed by atoms with Crippen molar-refractivity contribution in [1.29, 1.82) is 0 Å². The Kier molecular flexibility index (Phi) is 383. The molecule has 0 unspecified atom stereocenters. The van der Waals surface area contributed by atoms with Crippen molar-refractivity contribution in [1.82, 2.24) is 0 Å². The molecule has 0 rings (SSSR count). The zero-order valence-corrected chi connectivity index (χ0v) is 4.34. The van der Waals surface area contributed by atoms with Crippen molar-refractivity contribution < 1.29 is 49.7 Å². The van der Waals surface area contributed by atoms with Crippen LogP contribution in [0.1, 0.15) is 0 Å². The molecule has 0 aromatic heterocycles. The van der Waals surface area contributed by atoms with Crippen LogP contribution in [0.4, 0.5) is 0 Å². The first-order chi connectivity index (χ1) is 0. The maximum absolute atomic E-state index is 0. The average molecular weight is 184 g/mol. The van der Waals surface area contributed by atoms with E-state index in [0.717, 1.165) is 0 Å². The van der Waals surface area contributed by atoms with Gasteiger partial charge in [-0.25, -0.2) is 0 Å². The molecule has 0 aliphatic rings. The minimum absolute atomic E-state index is 0. The molecule has 0 aromatic rings. The molecule has 0 saturated heterocycles. The Balaban J connectivity index is 0. The van der Waals surface area contributed by atoms with Crippen molar-refractivity contribution in [2.24, 2.45) is 0 Å². The van der Waals surface area contributed by atoms with Crippen molar-refractivity contribution in [2.45, 2.75) is 0 Å². The summed E-state index contributed by atoms with van der Waals surface area (Å²) in [6, 6.07) is 0.